The van der Waals surface area contributed by atoms with Gasteiger partial charge in [-0.15, -0.1) is 0 Å². The quantitative estimate of drug-likeness (QED) is 0.683. The van der Waals surface area contributed by atoms with Crippen LogP contribution in [0.3, 0.4) is 0 Å². The van der Waals surface area contributed by atoms with Gasteiger partial charge in [-0.25, -0.2) is 4.98 Å². The molecule has 0 radical (unpaired) electrons. The van der Waals surface area contributed by atoms with Gasteiger partial charge < -0.3 is 15.1 Å². The molecule has 3 heterocycles. The SMILES string of the molecule is CN(C)c1nc(N2CCCC2)ncc1NC(=O)CCCN1C(=O)c2ccccc2C1=O. The Hall–Kier alpha value is -3.49. The number of carbonyl (C=O) groups is 3. The zero-order valence-electron chi connectivity index (χ0n) is 17.8. The molecule has 2 aliphatic heterocycles. The van der Waals surface area contributed by atoms with Gasteiger partial charge in [0.15, 0.2) is 5.82 Å². The second-order valence-electron chi connectivity index (χ2n) is 7.96. The van der Waals surface area contributed by atoms with E-state index in [1.165, 1.54) is 4.90 Å². The summed E-state index contributed by atoms with van der Waals surface area (Å²) in [7, 11) is 3.74. The molecular formula is C22H26N6O3. The van der Waals surface area contributed by atoms with Crippen molar-refractivity contribution in [3.63, 3.8) is 0 Å². The smallest absolute Gasteiger partial charge is 0.261 e. The van der Waals surface area contributed by atoms with E-state index in [1.807, 2.05) is 19.0 Å². The Kier molecular flexibility index (Phi) is 5.83. The predicted molar refractivity (Wildman–Crippen MR) is 117 cm³/mol. The second-order valence-corrected chi connectivity index (χ2v) is 7.96. The third-order valence-electron chi connectivity index (χ3n) is 5.51. The molecule has 31 heavy (non-hydrogen) atoms. The number of carbonyl (C=O) groups excluding carboxylic acids is 3. The first-order chi connectivity index (χ1) is 15.0. The van der Waals surface area contributed by atoms with Gasteiger partial charge in [-0.1, -0.05) is 12.1 Å². The normalized spacial score (nSPS) is 15.4. The first-order valence-electron chi connectivity index (χ1n) is 10.5. The van der Waals surface area contributed by atoms with Crippen molar-refractivity contribution < 1.29 is 14.4 Å². The van der Waals surface area contributed by atoms with Crippen molar-refractivity contribution in [3.05, 3.63) is 41.6 Å². The van der Waals surface area contributed by atoms with Gasteiger partial charge in [-0.3, -0.25) is 19.3 Å². The van der Waals surface area contributed by atoms with E-state index in [1.54, 1.807) is 30.5 Å². The predicted octanol–water partition coefficient (Wildman–Crippen LogP) is 2.16. The summed E-state index contributed by atoms with van der Waals surface area (Å²) in [5.74, 6) is 0.497. The summed E-state index contributed by atoms with van der Waals surface area (Å²) >= 11 is 0. The van der Waals surface area contributed by atoms with Crippen LogP contribution in [0.1, 0.15) is 46.4 Å². The molecular weight excluding hydrogens is 396 g/mol. The van der Waals surface area contributed by atoms with Crippen LogP contribution in [0.25, 0.3) is 0 Å². The van der Waals surface area contributed by atoms with Crippen LogP contribution in [0.5, 0.6) is 0 Å². The number of imide groups is 1. The van der Waals surface area contributed by atoms with Gasteiger partial charge in [0.05, 0.1) is 17.3 Å². The number of amides is 3. The van der Waals surface area contributed by atoms with E-state index in [0.717, 1.165) is 25.9 Å². The molecule has 4 rings (SSSR count). The van der Waals surface area contributed by atoms with Crippen LogP contribution in [0, 0.1) is 0 Å². The van der Waals surface area contributed by atoms with Crippen molar-refractivity contribution in [3.8, 4) is 0 Å². The fraction of sp³-hybridized carbons (Fsp3) is 0.409. The molecule has 162 valence electrons. The maximum absolute atomic E-state index is 12.5. The molecule has 1 N–H and O–H groups in total. The van der Waals surface area contributed by atoms with Crippen molar-refractivity contribution in [1.29, 1.82) is 0 Å². The van der Waals surface area contributed by atoms with Gasteiger partial charge >= 0.3 is 0 Å². The maximum Gasteiger partial charge on any atom is 0.261 e. The Balaban J connectivity index is 1.35. The number of benzene rings is 1. The molecule has 0 unspecified atom stereocenters. The van der Waals surface area contributed by atoms with Crippen molar-refractivity contribution in [2.75, 3.05) is 48.8 Å². The number of hydrogen-bond acceptors (Lipinski definition) is 7. The minimum atomic E-state index is -0.304. The maximum atomic E-state index is 12.5. The van der Waals surface area contributed by atoms with E-state index < -0.39 is 0 Å². The number of nitrogens with one attached hydrogen (secondary N) is 1. The third kappa shape index (κ3) is 4.21. The second kappa shape index (κ2) is 8.71. The number of anilines is 3. The molecule has 2 aliphatic rings. The van der Waals surface area contributed by atoms with Crippen LogP contribution in [0.2, 0.25) is 0 Å². The number of rotatable bonds is 7. The summed E-state index contributed by atoms with van der Waals surface area (Å²) in [6.07, 6.45) is 4.45. The highest BCUT2D eigenvalue weighted by atomic mass is 16.2. The van der Waals surface area contributed by atoms with Gasteiger partial charge in [0.25, 0.3) is 11.8 Å². The fourth-order valence-electron chi connectivity index (χ4n) is 3.92. The first-order valence-corrected chi connectivity index (χ1v) is 10.5. The molecule has 1 saturated heterocycles. The summed E-state index contributed by atoms with van der Waals surface area (Å²) in [5.41, 5.74) is 1.38. The van der Waals surface area contributed by atoms with Crippen LogP contribution in [0.4, 0.5) is 17.5 Å². The minimum absolute atomic E-state index is 0.175. The molecule has 3 amide bonds. The van der Waals surface area contributed by atoms with Crippen LogP contribution >= 0.6 is 0 Å². The van der Waals surface area contributed by atoms with Gasteiger partial charge in [0.2, 0.25) is 11.9 Å². The molecule has 1 aromatic carbocycles. The number of aromatic nitrogens is 2. The van der Waals surface area contributed by atoms with Gasteiger partial charge in [0.1, 0.15) is 5.69 Å². The van der Waals surface area contributed by atoms with Crippen molar-refractivity contribution in [1.82, 2.24) is 14.9 Å². The number of nitrogens with zero attached hydrogens (tertiary/aromatic N) is 5. The highest BCUT2D eigenvalue weighted by Gasteiger charge is 2.34. The third-order valence-corrected chi connectivity index (χ3v) is 5.51. The van der Waals surface area contributed by atoms with Crippen LogP contribution in [-0.2, 0) is 4.79 Å². The molecule has 2 aromatic rings. The molecule has 0 bridgehead atoms. The largest absolute Gasteiger partial charge is 0.361 e. The average molecular weight is 422 g/mol. The molecule has 0 spiro atoms. The molecule has 0 saturated carbocycles. The van der Waals surface area contributed by atoms with E-state index in [9.17, 15) is 14.4 Å². The zero-order chi connectivity index (χ0) is 22.0. The van der Waals surface area contributed by atoms with E-state index in [2.05, 4.69) is 20.2 Å². The van der Waals surface area contributed by atoms with Gasteiger partial charge in [0, 0.05) is 40.2 Å². The Morgan fingerprint density at radius 3 is 2.35 bits per heavy atom. The molecule has 1 aromatic heterocycles. The lowest BCUT2D eigenvalue weighted by Crippen LogP contribution is -2.31. The zero-order valence-corrected chi connectivity index (χ0v) is 17.8. The average Bonchev–Trinajstić information content (AvgIpc) is 3.38. The van der Waals surface area contributed by atoms with E-state index >= 15 is 0 Å². The van der Waals surface area contributed by atoms with Crippen LogP contribution in [0.15, 0.2) is 30.5 Å². The van der Waals surface area contributed by atoms with E-state index in [0.29, 0.717) is 35.0 Å². The Labute approximate surface area is 181 Å². The first kappa shape index (κ1) is 20.8. The molecule has 9 heteroatoms. The molecule has 0 atom stereocenters. The number of fused-ring (bicyclic) bond motifs is 1. The highest BCUT2D eigenvalue weighted by molar-refractivity contribution is 6.21. The van der Waals surface area contributed by atoms with E-state index in [-0.39, 0.29) is 30.7 Å². The molecule has 1 fully saturated rings. The van der Waals surface area contributed by atoms with Gasteiger partial charge in [-0.2, -0.15) is 4.98 Å². The monoisotopic (exact) mass is 422 g/mol. The highest BCUT2D eigenvalue weighted by Crippen LogP contribution is 2.26. The molecule has 0 aliphatic carbocycles. The lowest BCUT2D eigenvalue weighted by Gasteiger charge is -2.21. The minimum Gasteiger partial charge on any atom is -0.361 e. The summed E-state index contributed by atoms with van der Waals surface area (Å²) in [4.78, 5) is 51.6. The van der Waals surface area contributed by atoms with Crippen molar-refractivity contribution in [2.45, 2.75) is 25.7 Å². The Morgan fingerprint density at radius 1 is 1.10 bits per heavy atom. The lowest BCUT2D eigenvalue weighted by atomic mass is 10.1. The fourth-order valence-corrected chi connectivity index (χ4v) is 3.92. The van der Waals surface area contributed by atoms with Crippen LogP contribution in [-0.4, -0.2) is 66.3 Å². The summed E-state index contributed by atoms with van der Waals surface area (Å²) < 4.78 is 0. The Bertz CT molecular complexity index is 981. The number of hydrogen-bond donors (Lipinski definition) is 1. The van der Waals surface area contributed by atoms with E-state index in [4.69, 9.17) is 0 Å². The molecule has 9 nitrogen and oxygen atoms in total. The van der Waals surface area contributed by atoms with Crippen LogP contribution < -0.4 is 15.1 Å². The van der Waals surface area contributed by atoms with Crippen molar-refractivity contribution in [2.24, 2.45) is 0 Å². The Morgan fingerprint density at radius 2 is 1.74 bits per heavy atom. The lowest BCUT2D eigenvalue weighted by molar-refractivity contribution is -0.116. The summed E-state index contributed by atoms with van der Waals surface area (Å²) in [6, 6.07) is 6.77. The summed E-state index contributed by atoms with van der Waals surface area (Å²) in [6.45, 7) is 2.08. The standard InChI is InChI=1S/C22H26N6O3/c1-26(2)19-17(14-23-22(25-19)27-11-5-6-12-27)24-18(29)10-7-13-28-20(30)15-8-3-4-9-16(15)21(28)31/h3-4,8-9,14H,5-7,10-13H2,1-2H3,(H,24,29). The van der Waals surface area contributed by atoms with Gasteiger partial charge in [-0.05, 0) is 31.4 Å². The van der Waals surface area contributed by atoms with Crippen molar-refractivity contribution >= 4 is 35.2 Å². The topological polar surface area (TPSA) is 98.7 Å². The summed E-state index contributed by atoms with van der Waals surface area (Å²) in [5, 5.41) is 2.86.